The van der Waals surface area contributed by atoms with E-state index >= 15 is 0 Å². The molecule has 0 radical (unpaired) electrons. The SMILES string of the molecule is CCC(CBr)NC(=O)CCc1ccco1. The van der Waals surface area contributed by atoms with Gasteiger partial charge in [-0.3, -0.25) is 4.79 Å². The van der Waals surface area contributed by atoms with E-state index in [1.807, 2.05) is 12.1 Å². The summed E-state index contributed by atoms with van der Waals surface area (Å²) in [6, 6.07) is 3.95. The molecule has 84 valence electrons. The molecule has 1 atom stereocenters. The van der Waals surface area contributed by atoms with Crippen molar-refractivity contribution in [2.24, 2.45) is 0 Å². The summed E-state index contributed by atoms with van der Waals surface area (Å²) in [7, 11) is 0. The molecule has 1 amide bonds. The molecule has 0 fully saturated rings. The Morgan fingerprint density at radius 3 is 3.00 bits per heavy atom. The molecular weight excluding hydrogens is 258 g/mol. The number of furan rings is 1. The number of nitrogens with one attached hydrogen (secondary N) is 1. The summed E-state index contributed by atoms with van der Waals surface area (Å²) in [5.74, 6) is 0.940. The van der Waals surface area contributed by atoms with Crippen LogP contribution >= 0.6 is 15.9 Å². The Morgan fingerprint density at radius 1 is 1.67 bits per heavy atom. The summed E-state index contributed by atoms with van der Waals surface area (Å²) in [5.41, 5.74) is 0. The third kappa shape index (κ3) is 4.51. The number of amides is 1. The minimum absolute atomic E-state index is 0.0812. The molecule has 0 bridgehead atoms. The molecule has 1 rings (SSSR count). The lowest BCUT2D eigenvalue weighted by atomic mass is 10.2. The van der Waals surface area contributed by atoms with Crippen LogP contribution in [0.4, 0.5) is 0 Å². The van der Waals surface area contributed by atoms with Gasteiger partial charge in [-0.1, -0.05) is 22.9 Å². The van der Waals surface area contributed by atoms with E-state index < -0.39 is 0 Å². The molecule has 0 spiro atoms. The molecule has 1 aromatic heterocycles. The summed E-state index contributed by atoms with van der Waals surface area (Å²) >= 11 is 3.36. The summed E-state index contributed by atoms with van der Waals surface area (Å²) < 4.78 is 5.15. The lowest BCUT2D eigenvalue weighted by molar-refractivity contribution is -0.121. The molecule has 1 N–H and O–H groups in total. The second-order valence-corrected chi connectivity index (χ2v) is 4.05. The lowest BCUT2D eigenvalue weighted by Crippen LogP contribution is -2.35. The van der Waals surface area contributed by atoms with Gasteiger partial charge in [0.05, 0.1) is 6.26 Å². The van der Waals surface area contributed by atoms with Gasteiger partial charge in [-0.25, -0.2) is 0 Å². The van der Waals surface area contributed by atoms with Crippen LogP contribution < -0.4 is 5.32 Å². The highest BCUT2D eigenvalue weighted by molar-refractivity contribution is 9.09. The number of carbonyl (C=O) groups is 1. The molecule has 0 aliphatic heterocycles. The predicted molar refractivity (Wildman–Crippen MR) is 63.0 cm³/mol. The van der Waals surface area contributed by atoms with Crippen LogP contribution in [0.15, 0.2) is 22.8 Å². The topological polar surface area (TPSA) is 42.2 Å². The normalized spacial score (nSPS) is 12.4. The quantitative estimate of drug-likeness (QED) is 0.810. The van der Waals surface area contributed by atoms with Gasteiger partial charge in [-0.15, -0.1) is 0 Å². The van der Waals surface area contributed by atoms with E-state index in [9.17, 15) is 4.79 Å². The zero-order chi connectivity index (χ0) is 11.1. The molecular formula is C11H16BrNO2. The standard InChI is InChI=1S/C11H16BrNO2/c1-2-9(8-12)13-11(14)6-5-10-4-3-7-15-10/h3-4,7,9H,2,5-6,8H2,1H3,(H,13,14). The van der Waals surface area contributed by atoms with Crippen LogP contribution in [-0.4, -0.2) is 17.3 Å². The van der Waals surface area contributed by atoms with Crippen molar-refractivity contribution in [1.29, 1.82) is 0 Å². The summed E-state index contributed by atoms with van der Waals surface area (Å²) in [6.45, 7) is 2.05. The highest BCUT2D eigenvalue weighted by Gasteiger charge is 2.09. The maximum atomic E-state index is 11.5. The van der Waals surface area contributed by atoms with Crippen molar-refractivity contribution in [1.82, 2.24) is 5.32 Å². The van der Waals surface area contributed by atoms with Gasteiger partial charge in [0.2, 0.25) is 5.91 Å². The Morgan fingerprint density at radius 2 is 2.47 bits per heavy atom. The molecule has 0 saturated carbocycles. The molecule has 4 heteroatoms. The third-order valence-corrected chi connectivity index (χ3v) is 3.00. The molecule has 0 saturated heterocycles. The van der Waals surface area contributed by atoms with Crippen molar-refractivity contribution in [2.45, 2.75) is 32.2 Å². The smallest absolute Gasteiger partial charge is 0.220 e. The highest BCUT2D eigenvalue weighted by atomic mass is 79.9. The molecule has 0 aliphatic rings. The van der Waals surface area contributed by atoms with Crippen molar-refractivity contribution in [3.8, 4) is 0 Å². The molecule has 1 heterocycles. The van der Waals surface area contributed by atoms with Gasteiger partial charge in [-0.2, -0.15) is 0 Å². The van der Waals surface area contributed by atoms with Crippen molar-refractivity contribution in [3.05, 3.63) is 24.2 Å². The lowest BCUT2D eigenvalue weighted by Gasteiger charge is -2.13. The van der Waals surface area contributed by atoms with Gasteiger partial charge in [0.1, 0.15) is 5.76 Å². The minimum Gasteiger partial charge on any atom is -0.469 e. The summed E-state index contributed by atoms with van der Waals surface area (Å²) in [4.78, 5) is 11.5. The van der Waals surface area contributed by atoms with Gasteiger partial charge in [0.15, 0.2) is 0 Å². The first kappa shape index (κ1) is 12.3. The summed E-state index contributed by atoms with van der Waals surface area (Å²) in [5, 5.41) is 3.75. The predicted octanol–water partition coefficient (Wildman–Crippen LogP) is 2.50. The molecule has 1 unspecified atom stereocenters. The zero-order valence-corrected chi connectivity index (χ0v) is 10.4. The van der Waals surface area contributed by atoms with Crippen LogP contribution in [0.25, 0.3) is 0 Å². The average molecular weight is 274 g/mol. The van der Waals surface area contributed by atoms with Crippen LogP contribution in [0.1, 0.15) is 25.5 Å². The number of hydrogen-bond acceptors (Lipinski definition) is 2. The Kier molecular flexibility index (Phi) is 5.47. The number of halogens is 1. The Labute approximate surface area is 98.4 Å². The number of alkyl halides is 1. The number of rotatable bonds is 6. The molecule has 0 aliphatic carbocycles. The molecule has 1 aromatic rings. The van der Waals surface area contributed by atoms with E-state index in [2.05, 4.69) is 28.2 Å². The molecule has 15 heavy (non-hydrogen) atoms. The molecule has 3 nitrogen and oxygen atoms in total. The first-order chi connectivity index (χ1) is 7.26. The van der Waals surface area contributed by atoms with Crippen LogP contribution in [0.5, 0.6) is 0 Å². The zero-order valence-electron chi connectivity index (χ0n) is 8.83. The summed E-state index contributed by atoms with van der Waals surface area (Å²) in [6.07, 6.45) is 3.72. The maximum Gasteiger partial charge on any atom is 0.220 e. The van der Waals surface area contributed by atoms with Crippen molar-refractivity contribution in [2.75, 3.05) is 5.33 Å². The van der Waals surface area contributed by atoms with E-state index in [0.717, 1.165) is 17.5 Å². The van der Waals surface area contributed by atoms with Gasteiger partial charge in [-0.05, 0) is 18.6 Å². The Bertz CT molecular complexity index is 281. The van der Waals surface area contributed by atoms with Crippen molar-refractivity contribution >= 4 is 21.8 Å². The maximum absolute atomic E-state index is 11.5. The van der Waals surface area contributed by atoms with Crippen LogP contribution in [0.3, 0.4) is 0 Å². The fourth-order valence-corrected chi connectivity index (χ4v) is 1.86. The van der Waals surface area contributed by atoms with Crippen LogP contribution in [0.2, 0.25) is 0 Å². The number of carbonyl (C=O) groups excluding carboxylic acids is 1. The van der Waals surface area contributed by atoms with Gasteiger partial charge >= 0.3 is 0 Å². The third-order valence-electron chi connectivity index (χ3n) is 2.22. The fraction of sp³-hybridized carbons (Fsp3) is 0.545. The minimum atomic E-state index is 0.0812. The van der Waals surface area contributed by atoms with E-state index in [1.165, 1.54) is 0 Å². The average Bonchev–Trinajstić information content (AvgIpc) is 2.75. The van der Waals surface area contributed by atoms with Gasteiger partial charge in [0, 0.05) is 24.2 Å². The van der Waals surface area contributed by atoms with Crippen LogP contribution in [0, 0.1) is 0 Å². The molecule has 0 aromatic carbocycles. The largest absolute Gasteiger partial charge is 0.469 e. The monoisotopic (exact) mass is 273 g/mol. The van der Waals surface area contributed by atoms with E-state index in [-0.39, 0.29) is 11.9 Å². The Balaban J connectivity index is 2.24. The van der Waals surface area contributed by atoms with E-state index in [1.54, 1.807) is 6.26 Å². The first-order valence-electron chi connectivity index (χ1n) is 5.14. The number of aryl methyl sites for hydroxylation is 1. The van der Waals surface area contributed by atoms with E-state index in [4.69, 9.17) is 4.42 Å². The van der Waals surface area contributed by atoms with E-state index in [0.29, 0.717) is 12.8 Å². The second-order valence-electron chi connectivity index (χ2n) is 3.41. The number of hydrogen-bond donors (Lipinski definition) is 1. The first-order valence-corrected chi connectivity index (χ1v) is 6.26. The van der Waals surface area contributed by atoms with Crippen molar-refractivity contribution in [3.63, 3.8) is 0 Å². The second kappa shape index (κ2) is 6.67. The fourth-order valence-electron chi connectivity index (χ4n) is 1.24. The Hall–Kier alpha value is -0.770. The van der Waals surface area contributed by atoms with Gasteiger partial charge in [0.25, 0.3) is 0 Å². The van der Waals surface area contributed by atoms with Crippen LogP contribution in [-0.2, 0) is 11.2 Å². The highest BCUT2D eigenvalue weighted by Crippen LogP contribution is 2.04. The van der Waals surface area contributed by atoms with Gasteiger partial charge < -0.3 is 9.73 Å². The van der Waals surface area contributed by atoms with Crippen molar-refractivity contribution < 1.29 is 9.21 Å².